The summed E-state index contributed by atoms with van der Waals surface area (Å²) in [6.07, 6.45) is 4.01. The van der Waals surface area contributed by atoms with Gasteiger partial charge >= 0.3 is 0 Å². The molecule has 4 aromatic rings. The molecule has 0 spiro atoms. The van der Waals surface area contributed by atoms with E-state index in [1.807, 2.05) is 35.0 Å². The quantitative estimate of drug-likeness (QED) is 0.380. The fraction of sp³-hybridized carbons (Fsp3) is 0.321. The molecule has 2 N–H and O–H groups in total. The van der Waals surface area contributed by atoms with Gasteiger partial charge in [0.2, 0.25) is 0 Å². The number of imidazole rings is 1. The highest BCUT2D eigenvalue weighted by atomic mass is 16.1. The van der Waals surface area contributed by atoms with Gasteiger partial charge in [-0.15, -0.1) is 0 Å². The second-order valence-electron chi connectivity index (χ2n) is 9.67. The minimum Gasteiger partial charge on any atom is -0.382 e. The van der Waals surface area contributed by atoms with Crippen molar-refractivity contribution >= 4 is 17.2 Å². The van der Waals surface area contributed by atoms with Crippen LogP contribution in [0.5, 0.6) is 0 Å². The molecule has 2 aromatic heterocycles. The van der Waals surface area contributed by atoms with Gasteiger partial charge < -0.3 is 10.6 Å². The van der Waals surface area contributed by atoms with Gasteiger partial charge in [0.05, 0.1) is 23.3 Å². The van der Waals surface area contributed by atoms with Crippen molar-refractivity contribution in [2.45, 2.75) is 46.6 Å². The molecule has 2 aromatic carbocycles. The molecule has 1 saturated carbocycles. The fourth-order valence-electron chi connectivity index (χ4n) is 4.06. The Balaban J connectivity index is 1.58. The first kappa shape index (κ1) is 22.1. The Hall–Kier alpha value is -3.67. The number of anilines is 1. The summed E-state index contributed by atoms with van der Waals surface area (Å²) in [4.78, 5) is 17.1. The number of aryl methyl sites for hydroxylation is 1. The first-order valence-corrected chi connectivity index (χ1v) is 12.0. The van der Waals surface area contributed by atoms with Crippen molar-refractivity contribution in [2.24, 2.45) is 5.92 Å². The second kappa shape index (κ2) is 8.93. The third kappa shape index (κ3) is 4.40. The van der Waals surface area contributed by atoms with Crippen LogP contribution in [0.4, 0.5) is 5.69 Å². The molecule has 2 heterocycles. The molecule has 5 rings (SSSR count). The lowest BCUT2D eigenvalue weighted by Crippen LogP contribution is -2.25. The van der Waals surface area contributed by atoms with Crippen LogP contribution >= 0.6 is 0 Å². The Kier molecular flexibility index (Phi) is 5.82. The summed E-state index contributed by atoms with van der Waals surface area (Å²) in [5.41, 5.74) is 8.76. The van der Waals surface area contributed by atoms with Crippen LogP contribution in [-0.2, 0) is 0 Å². The Bertz CT molecular complexity index is 1350. The van der Waals surface area contributed by atoms with Gasteiger partial charge in [-0.25, -0.2) is 9.50 Å². The van der Waals surface area contributed by atoms with Crippen molar-refractivity contribution in [3.63, 3.8) is 0 Å². The van der Waals surface area contributed by atoms with Gasteiger partial charge in [-0.1, -0.05) is 44.2 Å². The SMILES string of the molecule is Cc1cccc(-c2cc(NCC(C)C)c3ncc(-c4ccc(C(=O)NC5CC5)cc4)n3n2)c1C. The highest BCUT2D eigenvalue weighted by molar-refractivity contribution is 5.95. The third-order valence-corrected chi connectivity index (χ3v) is 6.40. The average molecular weight is 454 g/mol. The summed E-state index contributed by atoms with van der Waals surface area (Å²) >= 11 is 0. The first-order chi connectivity index (χ1) is 16.4. The first-order valence-electron chi connectivity index (χ1n) is 12.0. The lowest BCUT2D eigenvalue weighted by molar-refractivity contribution is 0.0951. The molecule has 0 unspecified atom stereocenters. The number of carbonyl (C=O) groups is 1. The monoisotopic (exact) mass is 453 g/mol. The zero-order chi connectivity index (χ0) is 23.8. The molecule has 0 bridgehead atoms. The van der Waals surface area contributed by atoms with E-state index in [2.05, 4.69) is 62.6 Å². The van der Waals surface area contributed by atoms with Gasteiger partial charge in [0, 0.05) is 29.3 Å². The number of rotatable bonds is 7. The highest BCUT2D eigenvalue weighted by Gasteiger charge is 2.24. The predicted molar refractivity (Wildman–Crippen MR) is 137 cm³/mol. The molecule has 0 saturated heterocycles. The van der Waals surface area contributed by atoms with Gasteiger partial charge in [0.25, 0.3) is 5.91 Å². The fourth-order valence-corrected chi connectivity index (χ4v) is 4.06. The molecule has 6 nitrogen and oxygen atoms in total. The molecule has 1 aliphatic rings. The number of hydrogen-bond donors (Lipinski definition) is 2. The number of fused-ring (bicyclic) bond motifs is 1. The lowest BCUT2D eigenvalue weighted by atomic mass is 10.0. The maximum atomic E-state index is 12.4. The van der Waals surface area contributed by atoms with Crippen LogP contribution in [-0.4, -0.2) is 33.1 Å². The van der Waals surface area contributed by atoms with Crippen LogP contribution in [0.2, 0.25) is 0 Å². The normalized spacial score (nSPS) is 13.4. The van der Waals surface area contributed by atoms with Gasteiger partial charge in [-0.2, -0.15) is 5.10 Å². The largest absolute Gasteiger partial charge is 0.382 e. The summed E-state index contributed by atoms with van der Waals surface area (Å²) in [7, 11) is 0. The number of nitrogens with one attached hydrogen (secondary N) is 2. The number of carbonyl (C=O) groups excluding carboxylic acids is 1. The number of hydrogen-bond acceptors (Lipinski definition) is 4. The predicted octanol–water partition coefficient (Wildman–Crippen LogP) is 5.64. The van der Waals surface area contributed by atoms with E-state index in [9.17, 15) is 4.79 Å². The number of amides is 1. The van der Waals surface area contributed by atoms with E-state index in [-0.39, 0.29) is 5.91 Å². The van der Waals surface area contributed by atoms with Gasteiger partial charge in [0.1, 0.15) is 0 Å². The van der Waals surface area contributed by atoms with Crippen molar-refractivity contribution in [1.82, 2.24) is 19.9 Å². The summed E-state index contributed by atoms with van der Waals surface area (Å²) < 4.78 is 1.92. The maximum absolute atomic E-state index is 12.4. The van der Waals surface area contributed by atoms with Crippen LogP contribution in [0.25, 0.3) is 28.2 Å². The highest BCUT2D eigenvalue weighted by Crippen LogP contribution is 2.30. The molecule has 174 valence electrons. The van der Waals surface area contributed by atoms with E-state index in [4.69, 9.17) is 10.1 Å². The molecular weight excluding hydrogens is 422 g/mol. The van der Waals surface area contributed by atoms with E-state index in [0.29, 0.717) is 17.5 Å². The summed E-state index contributed by atoms with van der Waals surface area (Å²) in [5, 5.41) is 11.6. The molecule has 0 radical (unpaired) electrons. The van der Waals surface area contributed by atoms with Crippen LogP contribution in [0.1, 0.15) is 48.2 Å². The van der Waals surface area contributed by atoms with E-state index >= 15 is 0 Å². The summed E-state index contributed by atoms with van der Waals surface area (Å²) in [6, 6.07) is 16.4. The molecule has 6 heteroatoms. The Morgan fingerprint density at radius 1 is 1.12 bits per heavy atom. The Labute approximate surface area is 200 Å². The summed E-state index contributed by atoms with van der Waals surface area (Å²) in [5.74, 6) is 0.490. The molecule has 1 amide bonds. The minimum atomic E-state index is -0.0114. The van der Waals surface area contributed by atoms with Crippen LogP contribution in [0, 0.1) is 19.8 Å². The van der Waals surface area contributed by atoms with Crippen molar-refractivity contribution in [1.29, 1.82) is 0 Å². The van der Waals surface area contributed by atoms with Gasteiger partial charge in [-0.3, -0.25) is 4.79 Å². The molecule has 34 heavy (non-hydrogen) atoms. The zero-order valence-corrected chi connectivity index (χ0v) is 20.2. The topological polar surface area (TPSA) is 71.3 Å². The molecule has 1 aliphatic carbocycles. The van der Waals surface area contributed by atoms with E-state index in [1.54, 1.807) is 0 Å². The second-order valence-corrected chi connectivity index (χ2v) is 9.67. The van der Waals surface area contributed by atoms with Gasteiger partial charge in [0.15, 0.2) is 5.65 Å². The van der Waals surface area contributed by atoms with E-state index in [0.717, 1.165) is 53.2 Å². The van der Waals surface area contributed by atoms with Crippen molar-refractivity contribution in [2.75, 3.05) is 11.9 Å². The molecule has 1 fully saturated rings. The van der Waals surface area contributed by atoms with Crippen LogP contribution in [0.3, 0.4) is 0 Å². The van der Waals surface area contributed by atoms with Crippen molar-refractivity contribution in [3.8, 4) is 22.5 Å². The van der Waals surface area contributed by atoms with Crippen LogP contribution in [0.15, 0.2) is 54.7 Å². The van der Waals surface area contributed by atoms with E-state index < -0.39 is 0 Å². The molecule has 0 atom stereocenters. The third-order valence-electron chi connectivity index (χ3n) is 6.40. The smallest absolute Gasteiger partial charge is 0.251 e. The van der Waals surface area contributed by atoms with E-state index in [1.165, 1.54) is 11.1 Å². The molecular formula is C28H31N5O. The van der Waals surface area contributed by atoms with Crippen LogP contribution < -0.4 is 10.6 Å². The van der Waals surface area contributed by atoms with Crippen molar-refractivity contribution < 1.29 is 4.79 Å². The zero-order valence-electron chi connectivity index (χ0n) is 20.2. The lowest BCUT2D eigenvalue weighted by Gasteiger charge is -2.14. The average Bonchev–Trinajstić information content (AvgIpc) is 3.54. The summed E-state index contributed by atoms with van der Waals surface area (Å²) in [6.45, 7) is 9.49. The Morgan fingerprint density at radius 3 is 2.59 bits per heavy atom. The molecule has 0 aliphatic heterocycles. The number of aromatic nitrogens is 3. The maximum Gasteiger partial charge on any atom is 0.251 e. The standard InChI is InChI=1S/C28H31N5O/c1-17(2)15-29-25-14-24(23-7-5-6-18(3)19(23)4)32-33-26(16-30-27(25)33)20-8-10-21(11-9-20)28(34)31-22-12-13-22/h5-11,14,16-17,22,29H,12-13,15H2,1-4H3,(H,31,34). The van der Waals surface area contributed by atoms with Gasteiger partial charge in [-0.05, 0) is 61.9 Å². The number of benzene rings is 2. The number of nitrogens with zero attached hydrogens (tertiary/aromatic N) is 3. The Morgan fingerprint density at radius 2 is 1.88 bits per heavy atom. The van der Waals surface area contributed by atoms with Crippen molar-refractivity contribution in [3.05, 3.63) is 71.4 Å². The minimum absolute atomic E-state index is 0.0114.